The molecule has 0 saturated heterocycles. The smallest absolute Gasteiger partial charge is 0.255 e. The van der Waals surface area contributed by atoms with E-state index in [9.17, 15) is 4.79 Å². The zero-order chi connectivity index (χ0) is 20.6. The van der Waals surface area contributed by atoms with Crippen molar-refractivity contribution in [3.8, 4) is 22.9 Å². The number of hydrogen-bond donors (Lipinski definition) is 3. The van der Waals surface area contributed by atoms with Crippen molar-refractivity contribution in [2.24, 2.45) is 5.73 Å². The molecule has 152 valence electrons. The molecular weight excluding hydrogens is 370 g/mol. The van der Waals surface area contributed by atoms with Gasteiger partial charge >= 0.3 is 0 Å². The Morgan fingerprint density at radius 1 is 1.10 bits per heavy atom. The summed E-state index contributed by atoms with van der Waals surface area (Å²) in [6.07, 6.45) is 0.894. The van der Waals surface area contributed by atoms with Crippen LogP contribution in [-0.2, 0) is 6.54 Å². The minimum atomic E-state index is -0.232. The van der Waals surface area contributed by atoms with E-state index in [1.165, 1.54) is 0 Å². The number of aromatic nitrogens is 3. The number of benzene rings is 2. The van der Waals surface area contributed by atoms with E-state index in [0.717, 1.165) is 12.0 Å². The normalized spacial score (nSPS) is 10.6. The zero-order valence-corrected chi connectivity index (χ0v) is 16.6. The van der Waals surface area contributed by atoms with E-state index < -0.39 is 0 Å². The first-order chi connectivity index (χ1) is 14.1. The summed E-state index contributed by atoms with van der Waals surface area (Å²) in [5.41, 5.74) is 7.52. The van der Waals surface area contributed by atoms with Gasteiger partial charge in [-0.3, -0.25) is 9.89 Å². The maximum Gasteiger partial charge on any atom is 0.255 e. The second-order valence-electron chi connectivity index (χ2n) is 6.28. The van der Waals surface area contributed by atoms with Gasteiger partial charge in [-0.2, -0.15) is 5.10 Å². The van der Waals surface area contributed by atoms with Gasteiger partial charge in [-0.1, -0.05) is 6.92 Å². The number of nitrogens with zero attached hydrogens (tertiary/aromatic N) is 2. The zero-order valence-electron chi connectivity index (χ0n) is 16.6. The van der Waals surface area contributed by atoms with E-state index in [0.29, 0.717) is 54.2 Å². The van der Waals surface area contributed by atoms with Crippen LogP contribution in [0.3, 0.4) is 0 Å². The highest BCUT2D eigenvalue weighted by Gasteiger charge is 2.12. The molecule has 1 amide bonds. The van der Waals surface area contributed by atoms with Crippen LogP contribution in [0.15, 0.2) is 42.5 Å². The molecule has 1 heterocycles. The Kier molecular flexibility index (Phi) is 6.80. The Hall–Kier alpha value is -3.39. The van der Waals surface area contributed by atoms with E-state index >= 15 is 0 Å². The van der Waals surface area contributed by atoms with Crippen molar-refractivity contribution in [3.05, 3.63) is 53.9 Å². The number of ether oxygens (including phenoxy) is 2. The lowest BCUT2D eigenvalue weighted by molar-refractivity contribution is 0.102. The first kappa shape index (κ1) is 20.3. The number of carbonyl (C=O) groups excluding carboxylic acids is 1. The summed E-state index contributed by atoms with van der Waals surface area (Å²) in [6, 6.07) is 12.5. The average Bonchev–Trinajstić information content (AvgIpc) is 3.23. The highest BCUT2D eigenvalue weighted by molar-refractivity contribution is 6.04. The Labute approximate surface area is 169 Å². The fraction of sp³-hybridized carbons (Fsp3) is 0.286. The molecule has 0 radical (unpaired) electrons. The molecule has 0 atom stereocenters. The van der Waals surface area contributed by atoms with Crippen molar-refractivity contribution in [1.82, 2.24) is 15.2 Å². The molecule has 29 heavy (non-hydrogen) atoms. The molecule has 4 N–H and O–H groups in total. The van der Waals surface area contributed by atoms with Crippen LogP contribution in [0, 0.1) is 0 Å². The van der Waals surface area contributed by atoms with Crippen LogP contribution in [0.5, 0.6) is 11.5 Å². The van der Waals surface area contributed by atoms with Crippen molar-refractivity contribution in [2.45, 2.75) is 26.8 Å². The second-order valence-corrected chi connectivity index (χ2v) is 6.28. The standard InChI is InChI=1S/C21H25N5O3/c1-3-11-29-17-10-7-15(12-18(17)28-4-2)21(27)23-16-8-5-14(6-9-16)20-24-19(13-22)25-26-20/h5-10,12H,3-4,11,13,22H2,1-2H3,(H,23,27)(H,24,25,26). The van der Waals surface area contributed by atoms with Gasteiger partial charge in [0.25, 0.3) is 5.91 Å². The third-order valence-electron chi connectivity index (χ3n) is 4.09. The van der Waals surface area contributed by atoms with Gasteiger partial charge < -0.3 is 20.5 Å². The fourth-order valence-corrected chi connectivity index (χ4v) is 2.67. The third-order valence-corrected chi connectivity index (χ3v) is 4.09. The first-order valence-corrected chi connectivity index (χ1v) is 9.57. The average molecular weight is 395 g/mol. The molecule has 0 unspecified atom stereocenters. The molecule has 0 spiro atoms. The molecule has 0 aliphatic carbocycles. The van der Waals surface area contributed by atoms with E-state index in [1.54, 1.807) is 30.3 Å². The lowest BCUT2D eigenvalue weighted by Crippen LogP contribution is -2.12. The largest absolute Gasteiger partial charge is 0.490 e. The van der Waals surface area contributed by atoms with E-state index in [2.05, 4.69) is 20.5 Å². The highest BCUT2D eigenvalue weighted by atomic mass is 16.5. The lowest BCUT2D eigenvalue weighted by atomic mass is 10.1. The number of nitrogens with two attached hydrogens (primary N) is 1. The van der Waals surface area contributed by atoms with Gasteiger partial charge in [0.15, 0.2) is 17.3 Å². The van der Waals surface area contributed by atoms with Crippen LogP contribution >= 0.6 is 0 Å². The Balaban J connectivity index is 1.71. The quantitative estimate of drug-likeness (QED) is 0.512. The van der Waals surface area contributed by atoms with Crippen LogP contribution in [0.25, 0.3) is 11.4 Å². The van der Waals surface area contributed by atoms with Gasteiger partial charge in [0.05, 0.1) is 19.8 Å². The molecule has 0 saturated carbocycles. The minimum Gasteiger partial charge on any atom is -0.490 e. The van der Waals surface area contributed by atoms with E-state index in [1.807, 2.05) is 26.0 Å². The highest BCUT2D eigenvalue weighted by Crippen LogP contribution is 2.29. The van der Waals surface area contributed by atoms with Gasteiger partial charge in [0.2, 0.25) is 0 Å². The number of anilines is 1. The summed E-state index contributed by atoms with van der Waals surface area (Å²) in [5.74, 6) is 2.15. The van der Waals surface area contributed by atoms with Crippen molar-refractivity contribution in [3.63, 3.8) is 0 Å². The molecule has 0 aliphatic heterocycles. The summed E-state index contributed by atoms with van der Waals surface area (Å²) in [5, 5.41) is 9.78. The van der Waals surface area contributed by atoms with Crippen LogP contribution < -0.4 is 20.5 Å². The third kappa shape index (κ3) is 5.11. The Morgan fingerprint density at radius 3 is 2.55 bits per heavy atom. The summed E-state index contributed by atoms with van der Waals surface area (Å²) in [7, 11) is 0. The Morgan fingerprint density at radius 2 is 1.90 bits per heavy atom. The summed E-state index contributed by atoms with van der Waals surface area (Å²) < 4.78 is 11.3. The minimum absolute atomic E-state index is 0.232. The van der Waals surface area contributed by atoms with E-state index in [-0.39, 0.29) is 5.91 Å². The molecule has 0 aliphatic rings. The van der Waals surface area contributed by atoms with Crippen molar-refractivity contribution >= 4 is 11.6 Å². The van der Waals surface area contributed by atoms with Crippen molar-refractivity contribution < 1.29 is 14.3 Å². The molecule has 2 aromatic carbocycles. The van der Waals surface area contributed by atoms with Gasteiger partial charge in [-0.25, -0.2) is 4.98 Å². The van der Waals surface area contributed by atoms with E-state index in [4.69, 9.17) is 15.2 Å². The van der Waals surface area contributed by atoms with Gasteiger partial charge in [0.1, 0.15) is 5.82 Å². The number of H-pyrrole nitrogens is 1. The molecule has 1 aromatic heterocycles. The summed E-state index contributed by atoms with van der Waals surface area (Å²) in [6.45, 7) is 5.31. The van der Waals surface area contributed by atoms with Crippen molar-refractivity contribution in [1.29, 1.82) is 0 Å². The number of rotatable bonds is 9. The van der Waals surface area contributed by atoms with Crippen LogP contribution in [0.4, 0.5) is 5.69 Å². The van der Waals surface area contributed by atoms with Crippen LogP contribution in [0.1, 0.15) is 36.5 Å². The Bertz CT molecular complexity index is 953. The van der Waals surface area contributed by atoms with Gasteiger partial charge in [0, 0.05) is 16.8 Å². The van der Waals surface area contributed by atoms with Crippen molar-refractivity contribution in [2.75, 3.05) is 18.5 Å². The van der Waals surface area contributed by atoms with Gasteiger partial charge in [-0.05, 0) is 55.8 Å². The number of nitrogens with one attached hydrogen (secondary N) is 2. The first-order valence-electron chi connectivity index (χ1n) is 9.57. The number of carbonyl (C=O) groups is 1. The molecule has 3 rings (SSSR count). The lowest BCUT2D eigenvalue weighted by Gasteiger charge is -2.13. The topological polar surface area (TPSA) is 115 Å². The van der Waals surface area contributed by atoms with Crippen LogP contribution in [-0.4, -0.2) is 34.3 Å². The molecular formula is C21H25N5O3. The second kappa shape index (κ2) is 9.70. The molecule has 0 bridgehead atoms. The van der Waals surface area contributed by atoms with Gasteiger partial charge in [-0.15, -0.1) is 0 Å². The number of hydrogen-bond acceptors (Lipinski definition) is 6. The fourth-order valence-electron chi connectivity index (χ4n) is 2.67. The molecule has 3 aromatic rings. The molecule has 8 nitrogen and oxygen atoms in total. The number of aromatic amines is 1. The summed E-state index contributed by atoms with van der Waals surface area (Å²) in [4.78, 5) is 16.9. The number of amides is 1. The summed E-state index contributed by atoms with van der Waals surface area (Å²) >= 11 is 0. The monoisotopic (exact) mass is 395 g/mol. The maximum atomic E-state index is 12.6. The SMILES string of the molecule is CCCOc1ccc(C(=O)Nc2ccc(-c3n[nH]c(CN)n3)cc2)cc1OCC. The molecule has 8 heteroatoms. The van der Waals surface area contributed by atoms with Crippen LogP contribution in [0.2, 0.25) is 0 Å². The maximum absolute atomic E-state index is 12.6. The predicted molar refractivity (Wildman–Crippen MR) is 111 cm³/mol. The molecule has 0 fully saturated rings. The predicted octanol–water partition coefficient (Wildman–Crippen LogP) is 3.37.